The summed E-state index contributed by atoms with van der Waals surface area (Å²) in [5.74, 6) is 0. The average Bonchev–Trinajstić information content (AvgIpc) is 2.02. The fourth-order valence-electron chi connectivity index (χ4n) is 0.554. The van der Waals surface area contributed by atoms with Gasteiger partial charge in [-0.1, -0.05) is 6.92 Å². The molecule has 3 nitrogen and oxygen atoms in total. The lowest BCUT2D eigenvalue weighted by Crippen LogP contribution is -2.33. The molecule has 0 atom stereocenters. The topological polar surface area (TPSA) is 49.7 Å². The molecule has 13 heavy (non-hydrogen) atoms. The summed E-state index contributed by atoms with van der Waals surface area (Å²) >= 11 is 0. The fraction of sp³-hybridized carbons (Fsp3) is 1.00. The van der Waals surface area contributed by atoms with Gasteiger partial charge in [0.2, 0.25) is 0 Å². The van der Waals surface area contributed by atoms with Gasteiger partial charge in [-0.2, -0.15) is 13.2 Å². The maximum Gasteiger partial charge on any atom is 0.411 e. The Morgan fingerprint density at radius 3 is 1.85 bits per heavy atom. The number of rotatable bonds is 5. The summed E-state index contributed by atoms with van der Waals surface area (Å²) < 4.78 is 39.1. The highest BCUT2D eigenvalue weighted by Crippen LogP contribution is 2.18. The summed E-state index contributed by atoms with van der Waals surface area (Å²) in [6.45, 7) is -1.08. The van der Waals surface area contributed by atoms with Crippen molar-refractivity contribution in [2.75, 3.05) is 26.4 Å². The number of hydrogen-bond acceptors (Lipinski definition) is 3. The highest BCUT2D eigenvalue weighted by atomic mass is 19.4. The van der Waals surface area contributed by atoms with Crippen molar-refractivity contribution in [2.45, 2.75) is 13.1 Å². The molecule has 6 heteroatoms. The van der Waals surface area contributed by atoms with Gasteiger partial charge in [-0.3, -0.25) is 0 Å². The molecule has 0 aliphatic rings. The van der Waals surface area contributed by atoms with Crippen LogP contribution >= 0.6 is 0 Å². The van der Waals surface area contributed by atoms with E-state index in [-0.39, 0.29) is 6.61 Å². The minimum atomic E-state index is -4.37. The molecule has 0 heterocycles. The molecule has 0 saturated carbocycles. The molecule has 0 unspecified atom stereocenters. The number of halogens is 3. The predicted molar refractivity (Wildman–Crippen MR) is 39.2 cm³/mol. The second-order valence-corrected chi connectivity index (χ2v) is 3.23. The maximum atomic E-state index is 11.6. The first-order chi connectivity index (χ1) is 5.83. The van der Waals surface area contributed by atoms with Crippen molar-refractivity contribution in [3.63, 3.8) is 0 Å². The second kappa shape index (κ2) is 4.78. The standard InChI is InChI=1S/C7H13F3O3/c1-6(2-11,3-12)4-13-5-7(8,9)10/h11-12H,2-5H2,1H3. The Morgan fingerprint density at radius 2 is 1.54 bits per heavy atom. The van der Waals surface area contributed by atoms with E-state index in [1.807, 2.05) is 0 Å². The monoisotopic (exact) mass is 202 g/mol. The van der Waals surface area contributed by atoms with E-state index in [0.717, 1.165) is 0 Å². The normalized spacial score (nSPS) is 13.4. The van der Waals surface area contributed by atoms with Gasteiger partial charge in [0.15, 0.2) is 0 Å². The van der Waals surface area contributed by atoms with E-state index in [1.165, 1.54) is 6.92 Å². The molecule has 0 aromatic heterocycles. The predicted octanol–water partition coefficient (Wildman–Crippen LogP) is 0.556. The second-order valence-electron chi connectivity index (χ2n) is 3.23. The quantitative estimate of drug-likeness (QED) is 0.684. The summed E-state index contributed by atoms with van der Waals surface area (Å²) in [6.07, 6.45) is -4.37. The molecule has 2 N–H and O–H groups in total. The Labute approximate surface area is 74.1 Å². The third kappa shape index (κ3) is 5.84. The zero-order valence-corrected chi connectivity index (χ0v) is 7.26. The SMILES string of the molecule is CC(CO)(CO)COCC(F)(F)F. The van der Waals surface area contributed by atoms with Gasteiger partial charge in [0.25, 0.3) is 0 Å². The largest absolute Gasteiger partial charge is 0.411 e. The van der Waals surface area contributed by atoms with E-state index in [2.05, 4.69) is 4.74 Å². The van der Waals surface area contributed by atoms with Crippen LogP contribution in [0.3, 0.4) is 0 Å². The van der Waals surface area contributed by atoms with Gasteiger partial charge in [0.05, 0.1) is 19.8 Å². The van der Waals surface area contributed by atoms with E-state index in [9.17, 15) is 13.2 Å². The molecular formula is C7H13F3O3. The van der Waals surface area contributed by atoms with Crippen LogP contribution in [0.4, 0.5) is 13.2 Å². The number of hydrogen-bond donors (Lipinski definition) is 2. The molecule has 0 fully saturated rings. The molecule has 0 amide bonds. The first-order valence-corrected chi connectivity index (χ1v) is 3.69. The van der Waals surface area contributed by atoms with Gasteiger partial charge in [0, 0.05) is 5.41 Å². The first-order valence-electron chi connectivity index (χ1n) is 3.69. The molecule has 0 rings (SSSR count). The molecule has 0 bridgehead atoms. The summed E-state index contributed by atoms with van der Waals surface area (Å²) in [5.41, 5.74) is -1.01. The molecular weight excluding hydrogens is 189 g/mol. The van der Waals surface area contributed by atoms with Crippen LogP contribution in [-0.2, 0) is 4.74 Å². The Kier molecular flexibility index (Phi) is 4.66. The van der Waals surface area contributed by atoms with Crippen LogP contribution in [0.25, 0.3) is 0 Å². The lowest BCUT2D eigenvalue weighted by molar-refractivity contribution is -0.183. The number of ether oxygens (including phenoxy) is 1. The summed E-state index contributed by atoms with van der Waals surface area (Å²) in [7, 11) is 0. The first kappa shape index (κ1) is 12.7. The van der Waals surface area contributed by atoms with Crippen LogP contribution in [0.5, 0.6) is 0 Å². The Hall–Kier alpha value is -0.330. The van der Waals surface area contributed by atoms with Crippen LogP contribution in [0.2, 0.25) is 0 Å². The molecule has 0 aromatic carbocycles. The Balaban J connectivity index is 3.74. The van der Waals surface area contributed by atoms with E-state index >= 15 is 0 Å². The van der Waals surface area contributed by atoms with Crippen LogP contribution in [0, 0.1) is 5.41 Å². The third-order valence-corrected chi connectivity index (χ3v) is 1.48. The lowest BCUT2D eigenvalue weighted by atomic mass is 9.95. The van der Waals surface area contributed by atoms with Crippen molar-refractivity contribution < 1.29 is 28.1 Å². The molecule has 0 radical (unpaired) electrons. The maximum absolute atomic E-state index is 11.6. The van der Waals surface area contributed by atoms with E-state index in [0.29, 0.717) is 0 Å². The van der Waals surface area contributed by atoms with Crippen molar-refractivity contribution in [2.24, 2.45) is 5.41 Å². The van der Waals surface area contributed by atoms with Crippen molar-refractivity contribution in [1.29, 1.82) is 0 Å². The van der Waals surface area contributed by atoms with Gasteiger partial charge in [-0.15, -0.1) is 0 Å². The fourth-order valence-corrected chi connectivity index (χ4v) is 0.554. The summed E-state index contributed by atoms with van der Waals surface area (Å²) in [5, 5.41) is 17.4. The van der Waals surface area contributed by atoms with Crippen molar-refractivity contribution in [3.8, 4) is 0 Å². The van der Waals surface area contributed by atoms with E-state index in [4.69, 9.17) is 10.2 Å². The van der Waals surface area contributed by atoms with Crippen molar-refractivity contribution >= 4 is 0 Å². The van der Waals surface area contributed by atoms with Gasteiger partial charge in [0.1, 0.15) is 6.61 Å². The van der Waals surface area contributed by atoms with Crippen LogP contribution in [0.15, 0.2) is 0 Å². The van der Waals surface area contributed by atoms with Gasteiger partial charge >= 0.3 is 6.18 Å². The average molecular weight is 202 g/mol. The van der Waals surface area contributed by atoms with Crippen molar-refractivity contribution in [1.82, 2.24) is 0 Å². The molecule has 0 aromatic rings. The number of aliphatic hydroxyl groups excluding tert-OH is 2. The van der Waals surface area contributed by atoms with Crippen molar-refractivity contribution in [3.05, 3.63) is 0 Å². The zero-order valence-electron chi connectivity index (χ0n) is 7.26. The Morgan fingerprint density at radius 1 is 1.08 bits per heavy atom. The minimum Gasteiger partial charge on any atom is -0.396 e. The van der Waals surface area contributed by atoms with Crippen LogP contribution in [-0.4, -0.2) is 42.8 Å². The van der Waals surface area contributed by atoms with E-state index < -0.39 is 31.4 Å². The molecule has 0 aliphatic heterocycles. The van der Waals surface area contributed by atoms with Gasteiger partial charge < -0.3 is 14.9 Å². The summed E-state index contributed by atoms with van der Waals surface area (Å²) in [4.78, 5) is 0. The highest BCUT2D eigenvalue weighted by molar-refractivity contribution is 4.71. The Bertz CT molecular complexity index is 142. The zero-order chi connectivity index (χ0) is 10.5. The minimum absolute atomic E-state index is 0.320. The third-order valence-electron chi connectivity index (χ3n) is 1.48. The smallest absolute Gasteiger partial charge is 0.396 e. The van der Waals surface area contributed by atoms with Gasteiger partial charge in [-0.05, 0) is 0 Å². The lowest BCUT2D eigenvalue weighted by Gasteiger charge is -2.24. The van der Waals surface area contributed by atoms with E-state index in [1.54, 1.807) is 0 Å². The number of aliphatic hydroxyl groups is 2. The summed E-state index contributed by atoms with van der Waals surface area (Å²) in [6, 6.07) is 0. The molecule has 80 valence electrons. The molecule has 0 aliphatic carbocycles. The highest BCUT2D eigenvalue weighted by Gasteiger charge is 2.30. The molecule has 0 saturated heterocycles. The molecule has 0 spiro atoms. The van der Waals surface area contributed by atoms with Crippen LogP contribution in [0.1, 0.15) is 6.92 Å². The van der Waals surface area contributed by atoms with Gasteiger partial charge in [-0.25, -0.2) is 0 Å². The number of alkyl halides is 3. The van der Waals surface area contributed by atoms with Crippen LogP contribution < -0.4 is 0 Å².